The molecule has 0 radical (unpaired) electrons. The van der Waals surface area contributed by atoms with Crippen molar-refractivity contribution in [1.29, 1.82) is 0 Å². The van der Waals surface area contributed by atoms with Crippen LogP contribution < -0.4 is 10.2 Å². The van der Waals surface area contributed by atoms with E-state index in [2.05, 4.69) is 27.6 Å². The van der Waals surface area contributed by atoms with E-state index in [1.54, 1.807) is 7.11 Å². The monoisotopic (exact) mass is 379 g/mol. The van der Waals surface area contributed by atoms with Crippen LogP contribution in [0, 0.1) is 5.92 Å². The van der Waals surface area contributed by atoms with Gasteiger partial charge in [-0.15, -0.1) is 0 Å². The van der Waals surface area contributed by atoms with Gasteiger partial charge in [0.05, 0.1) is 18.8 Å². The van der Waals surface area contributed by atoms with Crippen molar-refractivity contribution in [3.8, 4) is 5.75 Å². The zero-order valence-corrected chi connectivity index (χ0v) is 15.5. The smallest absolute Gasteiger partial charge is 0.243 e. The zero-order chi connectivity index (χ0) is 18.8. The van der Waals surface area contributed by atoms with E-state index in [9.17, 15) is 4.79 Å². The Kier molecular flexibility index (Phi) is 4.77. The largest absolute Gasteiger partial charge is 0.497 e. The molecule has 2 aromatic carbocycles. The molecule has 6 heteroatoms. The highest BCUT2D eigenvalue weighted by atomic mass is 35.5. The first-order valence-electron chi connectivity index (χ1n) is 8.68. The Bertz CT molecular complexity index is 1020. The molecule has 1 aliphatic rings. The maximum Gasteiger partial charge on any atom is 0.243 e. The molecule has 0 spiro atoms. The van der Waals surface area contributed by atoms with E-state index in [0.717, 1.165) is 23.1 Å². The number of rotatable bonds is 5. The highest BCUT2D eigenvalue weighted by Crippen LogP contribution is 2.47. The summed E-state index contributed by atoms with van der Waals surface area (Å²) in [6.07, 6.45) is 2.38. The fourth-order valence-electron chi connectivity index (χ4n) is 3.16. The van der Waals surface area contributed by atoms with Gasteiger partial charge in [-0.2, -0.15) is 5.10 Å². The van der Waals surface area contributed by atoms with Crippen molar-refractivity contribution >= 4 is 34.6 Å². The van der Waals surface area contributed by atoms with Crippen molar-refractivity contribution in [3.63, 3.8) is 0 Å². The summed E-state index contributed by atoms with van der Waals surface area (Å²) in [6, 6.07) is 17.5. The van der Waals surface area contributed by atoms with Crippen LogP contribution in [-0.4, -0.2) is 24.2 Å². The number of fused-ring (bicyclic) bond motifs is 1. The van der Waals surface area contributed by atoms with Crippen molar-refractivity contribution in [2.75, 3.05) is 7.11 Å². The Morgan fingerprint density at radius 1 is 1.26 bits per heavy atom. The summed E-state index contributed by atoms with van der Waals surface area (Å²) in [4.78, 5) is 16.6. The van der Waals surface area contributed by atoms with E-state index in [1.165, 1.54) is 11.8 Å². The SMILES string of the molecule is COc1ccc2cc(C=NNC(=O)[C@H]3C[C@@H]3c3ccccc3)c(Cl)nc2c1. The summed E-state index contributed by atoms with van der Waals surface area (Å²) in [5, 5.41) is 5.30. The summed E-state index contributed by atoms with van der Waals surface area (Å²) in [6.45, 7) is 0. The number of nitrogens with one attached hydrogen (secondary N) is 1. The molecule has 136 valence electrons. The number of hydrogen-bond acceptors (Lipinski definition) is 4. The van der Waals surface area contributed by atoms with Gasteiger partial charge in [0.2, 0.25) is 5.91 Å². The fourth-order valence-corrected chi connectivity index (χ4v) is 3.35. The third-order valence-electron chi connectivity index (χ3n) is 4.74. The number of pyridine rings is 1. The molecule has 27 heavy (non-hydrogen) atoms. The van der Waals surface area contributed by atoms with Gasteiger partial charge in [0.15, 0.2) is 0 Å². The van der Waals surface area contributed by atoms with E-state index in [0.29, 0.717) is 10.7 Å². The van der Waals surface area contributed by atoms with Crippen LogP contribution in [0.4, 0.5) is 0 Å². The molecule has 0 saturated heterocycles. The number of carbonyl (C=O) groups is 1. The topological polar surface area (TPSA) is 63.6 Å². The number of halogens is 1. The number of amides is 1. The molecular weight excluding hydrogens is 362 g/mol. The summed E-state index contributed by atoms with van der Waals surface area (Å²) in [5.41, 5.74) is 5.19. The lowest BCUT2D eigenvalue weighted by Gasteiger charge is -2.05. The van der Waals surface area contributed by atoms with Gasteiger partial charge >= 0.3 is 0 Å². The Morgan fingerprint density at radius 3 is 2.85 bits per heavy atom. The minimum Gasteiger partial charge on any atom is -0.497 e. The molecule has 1 aromatic heterocycles. The first-order chi connectivity index (χ1) is 13.2. The van der Waals surface area contributed by atoms with Crippen molar-refractivity contribution in [3.05, 3.63) is 70.9 Å². The van der Waals surface area contributed by atoms with E-state index in [1.807, 2.05) is 42.5 Å². The third kappa shape index (κ3) is 3.78. The average molecular weight is 380 g/mol. The van der Waals surface area contributed by atoms with Crippen molar-refractivity contribution in [1.82, 2.24) is 10.4 Å². The highest BCUT2D eigenvalue weighted by molar-refractivity contribution is 6.32. The Balaban J connectivity index is 1.42. The van der Waals surface area contributed by atoms with Crippen molar-refractivity contribution in [2.45, 2.75) is 12.3 Å². The van der Waals surface area contributed by atoms with Crippen molar-refractivity contribution < 1.29 is 9.53 Å². The molecule has 2 atom stereocenters. The van der Waals surface area contributed by atoms with Gasteiger partial charge in [0.1, 0.15) is 10.9 Å². The van der Waals surface area contributed by atoms with E-state index in [-0.39, 0.29) is 17.7 Å². The molecule has 0 aliphatic heterocycles. The Morgan fingerprint density at radius 2 is 2.07 bits per heavy atom. The summed E-state index contributed by atoms with van der Waals surface area (Å²) >= 11 is 6.24. The second-order valence-electron chi connectivity index (χ2n) is 6.52. The first-order valence-corrected chi connectivity index (χ1v) is 9.05. The molecule has 1 amide bonds. The predicted octanol–water partition coefficient (Wildman–Crippen LogP) is 4.15. The predicted molar refractivity (Wildman–Crippen MR) is 106 cm³/mol. The molecule has 1 aliphatic carbocycles. The lowest BCUT2D eigenvalue weighted by molar-refractivity contribution is -0.122. The molecule has 1 fully saturated rings. The molecule has 4 rings (SSSR count). The quantitative estimate of drug-likeness (QED) is 0.411. The van der Waals surface area contributed by atoms with Crippen LogP contribution in [0.5, 0.6) is 5.75 Å². The van der Waals surface area contributed by atoms with Crippen LogP contribution in [0.2, 0.25) is 5.15 Å². The van der Waals surface area contributed by atoms with Crippen LogP contribution in [-0.2, 0) is 4.79 Å². The number of nitrogens with zero attached hydrogens (tertiary/aromatic N) is 2. The second kappa shape index (κ2) is 7.37. The molecule has 1 saturated carbocycles. The van der Waals surface area contributed by atoms with Gasteiger partial charge in [-0.05, 0) is 36.1 Å². The van der Waals surface area contributed by atoms with Gasteiger partial charge in [-0.1, -0.05) is 41.9 Å². The number of carbonyl (C=O) groups excluding carboxylic acids is 1. The number of benzene rings is 2. The normalized spacial score (nSPS) is 18.6. The van der Waals surface area contributed by atoms with Crippen molar-refractivity contribution in [2.24, 2.45) is 11.0 Å². The molecule has 1 heterocycles. The summed E-state index contributed by atoms with van der Waals surface area (Å²) in [7, 11) is 1.61. The van der Waals surface area contributed by atoms with Crippen LogP contribution in [0.25, 0.3) is 10.9 Å². The minimum atomic E-state index is -0.0743. The van der Waals surface area contributed by atoms with Gasteiger partial charge in [0.25, 0.3) is 0 Å². The van der Waals surface area contributed by atoms with Gasteiger partial charge in [-0.3, -0.25) is 4.79 Å². The van der Waals surface area contributed by atoms with Crippen LogP contribution in [0.3, 0.4) is 0 Å². The molecule has 3 aromatic rings. The maximum atomic E-state index is 12.3. The lowest BCUT2D eigenvalue weighted by atomic mass is 10.1. The van der Waals surface area contributed by atoms with E-state index >= 15 is 0 Å². The van der Waals surface area contributed by atoms with Crippen LogP contribution in [0.1, 0.15) is 23.5 Å². The maximum absolute atomic E-state index is 12.3. The van der Waals surface area contributed by atoms with E-state index < -0.39 is 0 Å². The van der Waals surface area contributed by atoms with Gasteiger partial charge in [0, 0.05) is 22.9 Å². The first kappa shape index (κ1) is 17.5. The Hall–Kier alpha value is -2.92. The number of methoxy groups -OCH3 is 1. The second-order valence-corrected chi connectivity index (χ2v) is 6.88. The highest BCUT2D eigenvalue weighted by Gasteiger charge is 2.43. The summed E-state index contributed by atoms with van der Waals surface area (Å²) < 4.78 is 5.20. The molecule has 5 nitrogen and oxygen atoms in total. The average Bonchev–Trinajstić information content (AvgIpc) is 3.49. The van der Waals surface area contributed by atoms with Crippen LogP contribution in [0.15, 0.2) is 59.7 Å². The number of ether oxygens (including phenoxy) is 1. The number of aromatic nitrogens is 1. The zero-order valence-electron chi connectivity index (χ0n) is 14.7. The minimum absolute atomic E-state index is 0.0257. The fraction of sp³-hybridized carbons (Fsp3) is 0.190. The molecule has 1 N–H and O–H groups in total. The van der Waals surface area contributed by atoms with E-state index in [4.69, 9.17) is 16.3 Å². The Labute approximate surface area is 162 Å². The van der Waals surface area contributed by atoms with Crippen LogP contribution >= 0.6 is 11.6 Å². The number of hydrogen-bond donors (Lipinski definition) is 1. The standard InChI is InChI=1S/C21H18ClN3O2/c1-27-16-8-7-14-9-15(20(22)24-19(14)10-16)12-23-25-21(26)18-11-17(18)13-5-3-2-4-6-13/h2-10,12,17-18H,11H2,1H3,(H,25,26)/t17-,18+/m1/s1. The third-order valence-corrected chi connectivity index (χ3v) is 5.04. The lowest BCUT2D eigenvalue weighted by Crippen LogP contribution is -2.20. The summed E-state index contributed by atoms with van der Waals surface area (Å²) in [5.74, 6) is 0.899. The number of hydrazone groups is 1. The van der Waals surface area contributed by atoms with Gasteiger partial charge in [-0.25, -0.2) is 10.4 Å². The van der Waals surface area contributed by atoms with Gasteiger partial charge < -0.3 is 4.74 Å². The molecule has 0 bridgehead atoms. The molecular formula is C21H18ClN3O2. The molecule has 0 unspecified atom stereocenters.